The van der Waals surface area contributed by atoms with Gasteiger partial charge in [0, 0.05) is 13.1 Å². The first kappa shape index (κ1) is 17.9. The Morgan fingerprint density at radius 2 is 1.36 bits per heavy atom. The van der Waals surface area contributed by atoms with Crippen molar-refractivity contribution in [2.45, 2.75) is 26.8 Å². The van der Waals surface area contributed by atoms with Gasteiger partial charge in [-0.2, -0.15) is 0 Å². The summed E-state index contributed by atoms with van der Waals surface area (Å²) in [6.07, 6.45) is 1.63. The molecule has 2 aromatic rings. The summed E-state index contributed by atoms with van der Waals surface area (Å²) < 4.78 is 0. The monoisotopic (exact) mass is 298 g/mol. The largest absolute Gasteiger partial charge is 0.358 e. The Hall–Kier alpha value is -2.13. The van der Waals surface area contributed by atoms with Crippen LogP contribution in [0, 0.1) is 13.8 Å². The Bertz CT molecular complexity index is 532. The molecule has 0 saturated heterocycles. The van der Waals surface area contributed by atoms with Crippen LogP contribution < -0.4 is 10.6 Å². The fourth-order valence-electron chi connectivity index (χ4n) is 1.94. The highest BCUT2D eigenvalue weighted by Gasteiger charge is 1.90. The molecule has 0 aromatic heterocycles. The summed E-state index contributed by atoms with van der Waals surface area (Å²) >= 11 is 0. The molecule has 2 aromatic carbocycles. The molecule has 0 atom stereocenters. The van der Waals surface area contributed by atoms with Crippen molar-refractivity contribution in [3.8, 4) is 0 Å². The van der Waals surface area contributed by atoms with Crippen LogP contribution in [-0.4, -0.2) is 20.0 Å². The summed E-state index contributed by atoms with van der Waals surface area (Å²) in [5, 5.41) is 5.73. The second-order valence-corrected chi connectivity index (χ2v) is 5.32. The van der Waals surface area contributed by atoms with Crippen molar-refractivity contribution in [3.05, 3.63) is 70.8 Å². The van der Waals surface area contributed by atoms with Gasteiger partial charge in [0.1, 0.15) is 0 Å². The van der Waals surface area contributed by atoms with Crippen molar-refractivity contribution in [3.63, 3.8) is 0 Å². The van der Waals surface area contributed by atoms with Crippen molar-refractivity contribution in [2.24, 2.45) is 0 Å². The molecule has 0 unspecified atom stereocenters. The number of rotatable bonds is 6. The van der Waals surface area contributed by atoms with E-state index in [-0.39, 0.29) is 0 Å². The molecule has 22 heavy (non-hydrogen) atoms. The van der Waals surface area contributed by atoms with Crippen LogP contribution in [0.3, 0.4) is 0 Å². The van der Waals surface area contributed by atoms with E-state index in [0.717, 1.165) is 19.4 Å². The van der Waals surface area contributed by atoms with Crippen LogP contribution in [0.25, 0.3) is 0 Å². The summed E-state index contributed by atoms with van der Waals surface area (Å²) in [5.74, 6) is 0. The first-order valence-electron chi connectivity index (χ1n) is 7.58. The fraction of sp³-hybridized carbons (Fsp3) is 0.316. The Balaban J connectivity index is 0.000000224. The number of hydrogen-bond acceptors (Lipinski definition) is 2. The Morgan fingerprint density at radius 1 is 0.864 bits per heavy atom. The lowest BCUT2D eigenvalue weighted by atomic mass is 10.1. The number of benzene rings is 2. The molecule has 0 aliphatic heterocycles. The summed E-state index contributed by atoms with van der Waals surface area (Å²) in [5.41, 5.74) is 5.19. The molecule has 0 heterocycles. The van der Waals surface area contributed by atoms with E-state index in [2.05, 4.69) is 73.0 Å². The summed E-state index contributed by atoms with van der Waals surface area (Å²) in [6, 6.07) is 16.9. The van der Waals surface area contributed by atoms with Crippen molar-refractivity contribution < 1.29 is 4.79 Å². The highest BCUT2D eigenvalue weighted by atomic mass is 16.1. The molecule has 2 rings (SSSR count). The first-order valence-corrected chi connectivity index (χ1v) is 7.58. The predicted octanol–water partition coefficient (Wildman–Crippen LogP) is 3.00. The zero-order valence-corrected chi connectivity index (χ0v) is 13.7. The lowest BCUT2D eigenvalue weighted by Gasteiger charge is -2.00. The van der Waals surface area contributed by atoms with E-state index in [1.165, 1.54) is 22.3 Å². The van der Waals surface area contributed by atoms with E-state index in [9.17, 15) is 4.79 Å². The molecule has 0 bridgehead atoms. The smallest absolute Gasteiger partial charge is 0.207 e. The van der Waals surface area contributed by atoms with Gasteiger partial charge in [0.2, 0.25) is 6.41 Å². The normalized spacial score (nSPS) is 9.59. The van der Waals surface area contributed by atoms with Crippen molar-refractivity contribution in [2.75, 3.05) is 13.6 Å². The SMILES string of the molecule is CNCc1ccc(C)cc1.Cc1ccc(CCNC=O)cc1. The third kappa shape index (κ3) is 7.60. The second-order valence-electron chi connectivity index (χ2n) is 5.32. The number of hydrogen-bond donors (Lipinski definition) is 2. The van der Waals surface area contributed by atoms with E-state index in [4.69, 9.17) is 0 Å². The minimum atomic E-state index is 0.715. The lowest BCUT2D eigenvalue weighted by Crippen LogP contribution is -2.14. The maximum Gasteiger partial charge on any atom is 0.207 e. The van der Waals surface area contributed by atoms with Gasteiger partial charge >= 0.3 is 0 Å². The molecule has 0 radical (unpaired) electrons. The number of amides is 1. The Kier molecular flexibility index (Phi) is 8.61. The van der Waals surface area contributed by atoms with Gasteiger partial charge in [0.05, 0.1) is 0 Å². The van der Waals surface area contributed by atoms with Crippen LogP contribution in [-0.2, 0) is 17.8 Å². The highest BCUT2D eigenvalue weighted by Crippen LogP contribution is 2.03. The number of aryl methyl sites for hydroxylation is 2. The number of carbonyl (C=O) groups excluding carboxylic acids is 1. The first-order chi connectivity index (χ1) is 10.7. The zero-order chi connectivity index (χ0) is 16.2. The van der Waals surface area contributed by atoms with Crippen LogP contribution in [0.4, 0.5) is 0 Å². The van der Waals surface area contributed by atoms with E-state index >= 15 is 0 Å². The molecule has 2 N–H and O–H groups in total. The summed E-state index contributed by atoms with van der Waals surface area (Å²) in [7, 11) is 1.96. The molecule has 0 aliphatic rings. The van der Waals surface area contributed by atoms with Gasteiger partial charge < -0.3 is 10.6 Å². The topological polar surface area (TPSA) is 41.1 Å². The molecule has 0 saturated carbocycles. The quantitative estimate of drug-likeness (QED) is 0.636. The number of nitrogens with one attached hydrogen (secondary N) is 2. The Morgan fingerprint density at radius 3 is 1.82 bits per heavy atom. The number of carbonyl (C=O) groups is 1. The van der Waals surface area contributed by atoms with E-state index in [1.807, 2.05) is 7.05 Å². The van der Waals surface area contributed by atoms with E-state index in [1.54, 1.807) is 0 Å². The standard InChI is InChI=1S/C10H13NO.C9H13N/c1-9-2-4-10(5-3-9)6-7-11-8-12;1-8-3-5-9(6-4-8)7-10-2/h2-5,8H,6-7H2,1H3,(H,11,12);3-6,10H,7H2,1-2H3. The van der Waals surface area contributed by atoms with Gasteiger partial charge in [-0.25, -0.2) is 0 Å². The lowest BCUT2D eigenvalue weighted by molar-refractivity contribution is -0.109. The van der Waals surface area contributed by atoms with Gasteiger partial charge in [0.25, 0.3) is 0 Å². The van der Waals surface area contributed by atoms with Crippen LogP contribution in [0.15, 0.2) is 48.5 Å². The van der Waals surface area contributed by atoms with Crippen molar-refractivity contribution in [1.82, 2.24) is 10.6 Å². The van der Waals surface area contributed by atoms with Gasteiger partial charge in [0.15, 0.2) is 0 Å². The van der Waals surface area contributed by atoms with E-state index in [0.29, 0.717) is 6.54 Å². The molecular formula is C19H26N2O. The molecule has 0 fully saturated rings. The second kappa shape index (κ2) is 10.6. The van der Waals surface area contributed by atoms with Gasteiger partial charge in [-0.1, -0.05) is 59.7 Å². The molecule has 0 aliphatic carbocycles. The van der Waals surface area contributed by atoms with Gasteiger partial charge in [-0.15, -0.1) is 0 Å². The zero-order valence-electron chi connectivity index (χ0n) is 13.7. The average molecular weight is 298 g/mol. The maximum absolute atomic E-state index is 9.94. The van der Waals surface area contributed by atoms with Crippen molar-refractivity contribution in [1.29, 1.82) is 0 Å². The van der Waals surface area contributed by atoms with Crippen LogP contribution in [0.5, 0.6) is 0 Å². The summed E-state index contributed by atoms with van der Waals surface area (Å²) in [6.45, 7) is 5.84. The molecule has 118 valence electrons. The molecule has 1 amide bonds. The van der Waals surface area contributed by atoms with Gasteiger partial charge in [-0.3, -0.25) is 4.79 Å². The van der Waals surface area contributed by atoms with Crippen LogP contribution >= 0.6 is 0 Å². The molecule has 3 nitrogen and oxygen atoms in total. The third-order valence-electron chi connectivity index (χ3n) is 3.26. The predicted molar refractivity (Wildman–Crippen MR) is 92.9 cm³/mol. The minimum absolute atomic E-state index is 0.715. The van der Waals surface area contributed by atoms with Crippen LogP contribution in [0.1, 0.15) is 22.3 Å². The molecular weight excluding hydrogens is 272 g/mol. The van der Waals surface area contributed by atoms with Crippen LogP contribution in [0.2, 0.25) is 0 Å². The highest BCUT2D eigenvalue weighted by molar-refractivity contribution is 5.45. The van der Waals surface area contributed by atoms with E-state index < -0.39 is 0 Å². The van der Waals surface area contributed by atoms with Gasteiger partial charge in [-0.05, 0) is 38.4 Å². The molecule has 3 heteroatoms. The Labute approximate surface area is 133 Å². The average Bonchev–Trinajstić information content (AvgIpc) is 2.53. The van der Waals surface area contributed by atoms with Crippen molar-refractivity contribution >= 4 is 6.41 Å². The maximum atomic E-state index is 9.94. The summed E-state index contributed by atoms with van der Waals surface area (Å²) in [4.78, 5) is 9.94. The fourth-order valence-corrected chi connectivity index (χ4v) is 1.94. The minimum Gasteiger partial charge on any atom is -0.358 e. The molecule has 0 spiro atoms. The third-order valence-corrected chi connectivity index (χ3v) is 3.26.